The summed E-state index contributed by atoms with van der Waals surface area (Å²) in [6.07, 6.45) is 2.38. The summed E-state index contributed by atoms with van der Waals surface area (Å²) in [6.45, 7) is 5.83. The molecule has 6 nitrogen and oxygen atoms in total. The van der Waals surface area contributed by atoms with Gasteiger partial charge >= 0.3 is 5.97 Å². The van der Waals surface area contributed by atoms with Crippen molar-refractivity contribution in [1.82, 2.24) is 4.90 Å². The summed E-state index contributed by atoms with van der Waals surface area (Å²) in [4.78, 5) is 13.4. The second-order valence-electron chi connectivity index (χ2n) is 8.47. The quantitative estimate of drug-likeness (QED) is 0.514. The Labute approximate surface area is 191 Å². The zero-order valence-corrected chi connectivity index (χ0v) is 19.7. The van der Waals surface area contributed by atoms with Crippen LogP contribution in [0.2, 0.25) is 0 Å². The molecule has 6 heteroatoms. The molecule has 0 saturated heterocycles. The molecule has 0 bridgehead atoms. The number of hydrogen-bond acceptors (Lipinski definition) is 5. The van der Waals surface area contributed by atoms with E-state index in [0.717, 1.165) is 43.5 Å². The van der Waals surface area contributed by atoms with Gasteiger partial charge in [-0.1, -0.05) is 32.0 Å². The molecule has 1 atom stereocenters. The standard InChI is InChI=1S/C26H34N2O4/c1-19(2)26(18-27,22-10-11-23(31-4)24(17-22)32-5)13-7-14-28(3)15-12-20-8-6-9-21(16-20)25(29)30/h6,8-11,16-17,19H,7,12-15H2,1-5H3,(H,29,30). The maximum Gasteiger partial charge on any atom is 0.335 e. The molecule has 0 aliphatic rings. The third kappa shape index (κ3) is 6.02. The van der Waals surface area contributed by atoms with Crippen molar-refractivity contribution < 1.29 is 19.4 Å². The maximum absolute atomic E-state index is 11.2. The van der Waals surface area contributed by atoms with Crippen LogP contribution in [0.1, 0.15) is 48.2 Å². The van der Waals surface area contributed by atoms with Gasteiger partial charge in [-0.05, 0) is 74.2 Å². The minimum absolute atomic E-state index is 0.134. The summed E-state index contributed by atoms with van der Waals surface area (Å²) in [7, 11) is 5.26. The number of rotatable bonds is 12. The third-order valence-electron chi connectivity index (χ3n) is 6.15. The van der Waals surface area contributed by atoms with Crippen molar-refractivity contribution in [1.29, 1.82) is 5.26 Å². The molecule has 2 aromatic rings. The van der Waals surface area contributed by atoms with Crippen LogP contribution < -0.4 is 9.47 Å². The number of carboxylic acid groups (broad SMARTS) is 1. The van der Waals surface area contributed by atoms with Gasteiger partial charge < -0.3 is 19.5 Å². The monoisotopic (exact) mass is 438 g/mol. The minimum Gasteiger partial charge on any atom is -0.493 e. The number of benzene rings is 2. The lowest BCUT2D eigenvalue weighted by atomic mass is 9.69. The normalized spacial score (nSPS) is 12.9. The Hall–Kier alpha value is -3.04. The Kier molecular flexibility index (Phi) is 9.10. The van der Waals surface area contributed by atoms with Crippen LogP contribution in [0.15, 0.2) is 42.5 Å². The zero-order chi connectivity index (χ0) is 23.7. The van der Waals surface area contributed by atoms with Crippen LogP contribution in [0.25, 0.3) is 0 Å². The number of carbonyl (C=O) groups is 1. The Morgan fingerprint density at radius 2 is 1.84 bits per heavy atom. The van der Waals surface area contributed by atoms with Crippen molar-refractivity contribution in [2.24, 2.45) is 5.92 Å². The second-order valence-corrected chi connectivity index (χ2v) is 8.47. The van der Waals surface area contributed by atoms with Gasteiger partial charge in [-0.25, -0.2) is 4.79 Å². The Morgan fingerprint density at radius 3 is 2.44 bits per heavy atom. The number of nitriles is 1. The molecular formula is C26H34N2O4. The van der Waals surface area contributed by atoms with Gasteiger partial charge in [-0.3, -0.25) is 0 Å². The number of aromatic carboxylic acids is 1. The highest BCUT2D eigenvalue weighted by molar-refractivity contribution is 5.87. The predicted octanol–water partition coefficient (Wildman–Crippen LogP) is 4.77. The van der Waals surface area contributed by atoms with E-state index in [-0.39, 0.29) is 5.92 Å². The molecule has 0 radical (unpaired) electrons. The first kappa shape index (κ1) is 25.2. The van der Waals surface area contributed by atoms with E-state index >= 15 is 0 Å². The van der Waals surface area contributed by atoms with E-state index in [1.165, 1.54) is 0 Å². The highest BCUT2D eigenvalue weighted by Crippen LogP contribution is 2.40. The molecule has 0 saturated carbocycles. The first-order valence-corrected chi connectivity index (χ1v) is 10.9. The number of hydrogen-bond donors (Lipinski definition) is 1. The summed E-state index contributed by atoms with van der Waals surface area (Å²) in [6, 6.07) is 15.4. The third-order valence-corrected chi connectivity index (χ3v) is 6.15. The zero-order valence-electron chi connectivity index (χ0n) is 19.7. The fourth-order valence-electron chi connectivity index (χ4n) is 4.05. The molecule has 0 amide bonds. The summed E-state index contributed by atoms with van der Waals surface area (Å²) < 4.78 is 10.8. The van der Waals surface area contributed by atoms with E-state index in [9.17, 15) is 10.1 Å². The first-order chi connectivity index (χ1) is 15.3. The molecule has 172 valence electrons. The van der Waals surface area contributed by atoms with Gasteiger partial charge in [-0.15, -0.1) is 0 Å². The van der Waals surface area contributed by atoms with Crippen LogP contribution in [-0.4, -0.2) is 50.3 Å². The van der Waals surface area contributed by atoms with Gasteiger partial charge in [0.2, 0.25) is 0 Å². The predicted molar refractivity (Wildman–Crippen MR) is 126 cm³/mol. The topological polar surface area (TPSA) is 82.8 Å². The molecule has 0 aromatic heterocycles. The number of methoxy groups -OCH3 is 2. The molecule has 2 aromatic carbocycles. The molecule has 0 spiro atoms. The average Bonchev–Trinajstić information content (AvgIpc) is 2.80. The highest BCUT2D eigenvalue weighted by Gasteiger charge is 2.36. The largest absolute Gasteiger partial charge is 0.493 e. The smallest absolute Gasteiger partial charge is 0.335 e. The van der Waals surface area contributed by atoms with Crippen molar-refractivity contribution in [3.8, 4) is 17.6 Å². The Morgan fingerprint density at radius 1 is 1.12 bits per heavy atom. The van der Waals surface area contributed by atoms with Crippen molar-refractivity contribution in [3.05, 3.63) is 59.2 Å². The molecule has 32 heavy (non-hydrogen) atoms. The lowest BCUT2D eigenvalue weighted by Gasteiger charge is -2.32. The number of likely N-dealkylation sites (N-methyl/N-ethyl adjacent to an activating group) is 1. The van der Waals surface area contributed by atoms with Crippen LogP contribution in [0, 0.1) is 17.2 Å². The lowest BCUT2D eigenvalue weighted by molar-refractivity contribution is 0.0696. The maximum atomic E-state index is 11.2. The summed E-state index contributed by atoms with van der Waals surface area (Å²) in [5, 5.41) is 19.3. The summed E-state index contributed by atoms with van der Waals surface area (Å²) >= 11 is 0. The van der Waals surface area contributed by atoms with Gasteiger partial charge in [0.25, 0.3) is 0 Å². The molecule has 2 rings (SSSR count). The fraction of sp³-hybridized carbons (Fsp3) is 0.462. The fourth-order valence-corrected chi connectivity index (χ4v) is 4.05. The van der Waals surface area contributed by atoms with Crippen LogP contribution in [0.5, 0.6) is 11.5 Å². The first-order valence-electron chi connectivity index (χ1n) is 10.9. The van der Waals surface area contributed by atoms with E-state index < -0.39 is 11.4 Å². The van der Waals surface area contributed by atoms with Gasteiger partial charge in [0, 0.05) is 6.54 Å². The van der Waals surface area contributed by atoms with E-state index in [1.807, 2.05) is 24.3 Å². The number of carboxylic acids is 1. The lowest BCUT2D eigenvalue weighted by Crippen LogP contribution is -2.32. The average molecular weight is 439 g/mol. The molecule has 0 heterocycles. The molecule has 1 unspecified atom stereocenters. The molecule has 0 aliphatic carbocycles. The SMILES string of the molecule is COc1ccc(C(C#N)(CCCN(C)CCc2cccc(C(=O)O)c2)C(C)C)cc1OC. The van der Waals surface area contributed by atoms with Crippen molar-refractivity contribution in [2.45, 2.75) is 38.5 Å². The van der Waals surface area contributed by atoms with Crippen molar-refractivity contribution in [3.63, 3.8) is 0 Å². The Balaban J connectivity index is 2.03. The van der Waals surface area contributed by atoms with E-state index in [4.69, 9.17) is 14.6 Å². The van der Waals surface area contributed by atoms with Crippen molar-refractivity contribution >= 4 is 5.97 Å². The van der Waals surface area contributed by atoms with Crippen LogP contribution in [0.3, 0.4) is 0 Å². The number of nitrogens with zero attached hydrogens (tertiary/aromatic N) is 2. The summed E-state index contributed by atoms with van der Waals surface area (Å²) in [5.74, 6) is 0.510. The molecule has 1 N–H and O–H groups in total. The van der Waals surface area contributed by atoms with Crippen LogP contribution >= 0.6 is 0 Å². The summed E-state index contributed by atoms with van der Waals surface area (Å²) in [5.41, 5.74) is 1.66. The molecule has 0 fully saturated rings. The Bertz CT molecular complexity index is 951. The van der Waals surface area contributed by atoms with Crippen LogP contribution in [0.4, 0.5) is 0 Å². The van der Waals surface area contributed by atoms with Crippen molar-refractivity contribution in [2.75, 3.05) is 34.4 Å². The minimum atomic E-state index is -0.906. The highest BCUT2D eigenvalue weighted by atomic mass is 16.5. The van der Waals surface area contributed by atoms with Crippen LogP contribution in [-0.2, 0) is 11.8 Å². The molecule has 0 aliphatic heterocycles. The van der Waals surface area contributed by atoms with E-state index in [1.54, 1.807) is 32.4 Å². The van der Waals surface area contributed by atoms with E-state index in [2.05, 4.69) is 31.9 Å². The second kappa shape index (κ2) is 11.5. The van der Waals surface area contributed by atoms with Gasteiger partial charge in [0.1, 0.15) is 0 Å². The van der Waals surface area contributed by atoms with Gasteiger partial charge in [0.15, 0.2) is 11.5 Å². The molecular weight excluding hydrogens is 404 g/mol. The number of ether oxygens (including phenoxy) is 2. The van der Waals surface area contributed by atoms with E-state index in [0.29, 0.717) is 17.1 Å². The van der Waals surface area contributed by atoms with Gasteiger partial charge in [-0.2, -0.15) is 5.26 Å². The van der Waals surface area contributed by atoms with Gasteiger partial charge in [0.05, 0.1) is 31.3 Å².